The van der Waals surface area contributed by atoms with Gasteiger partial charge in [0.1, 0.15) is 0 Å². The van der Waals surface area contributed by atoms with Gasteiger partial charge in [0.25, 0.3) is 0 Å². The molecule has 1 nitrogen and oxygen atoms in total. The fourth-order valence-electron chi connectivity index (χ4n) is 2.08. The van der Waals surface area contributed by atoms with Gasteiger partial charge in [0.05, 0.1) is 0 Å². The zero-order chi connectivity index (χ0) is 12.8. The van der Waals surface area contributed by atoms with Crippen LogP contribution in [0, 0.1) is 6.92 Å². The maximum Gasteiger partial charge on any atom is 0.0141 e. The number of likely N-dealkylation sites (N-methyl/N-ethyl adjacent to an activating group) is 1. The lowest BCUT2D eigenvalue weighted by Gasteiger charge is -2.11. The third-order valence-electron chi connectivity index (χ3n) is 3.03. The van der Waals surface area contributed by atoms with Crippen molar-refractivity contribution in [1.82, 2.24) is 5.32 Å². The van der Waals surface area contributed by atoms with Gasteiger partial charge in [0.15, 0.2) is 0 Å². The summed E-state index contributed by atoms with van der Waals surface area (Å²) < 4.78 is 0. The second-order valence-corrected chi connectivity index (χ2v) is 4.36. The number of hydrogen-bond acceptors (Lipinski definition) is 1. The van der Waals surface area contributed by atoms with E-state index in [1.165, 1.54) is 22.3 Å². The highest BCUT2D eigenvalue weighted by atomic mass is 14.8. The molecule has 2 aromatic carbocycles. The maximum atomic E-state index is 3.18. The van der Waals surface area contributed by atoms with Crippen molar-refractivity contribution in [2.75, 3.05) is 13.6 Å². The molecule has 0 saturated carbocycles. The van der Waals surface area contributed by atoms with Crippen LogP contribution in [-0.4, -0.2) is 13.6 Å². The summed E-state index contributed by atoms with van der Waals surface area (Å²) in [5.41, 5.74) is 5.17. The summed E-state index contributed by atoms with van der Waals surface area (Å²) in [6.45, 7) is 3.03. The third-order valence-corrected chi connectivity index (χ3v) is 3.03. The summed E-state index contributed by atoms with van der Waals surface area (Å²) >= 11 is 0. The quantitative estimate of drug-likeness (QED) is 0.856. The summed E-state index contributed by atoms with van der Waals surface area (Å²) in [5.74, 6) is 0. The lowest BCUT2D eigenvalue weighted by Crippen LogP contribution is -2.05. The molecule has 0 amide bonds. The van der Waals surface area contributed by atoms with Crippen LogP contribution >= 0.6 is 0 Å². The Morgan fingerprint density at radius 3 is 2.33 bits per heavy atom. The van der Waals surface area contributed by atoms with Crippen LogP contribution in [0.1, 0.15) is 16.7 Å². The molecule has 0 aliphatic rings. The highest BCUT2D eigenvalue weighted by molar-refractivity contribution is 5.81. The average Bonchev–Trinajstić information content (AvgIpc) is 2.42. The lowest BCUT2D eigenvalue weighted by molar-refractivity contribution is 0.920. The minimum atomic E-state index is 0.874. The van der Waals surface area contributed by atoms with E-state index in [4.69, 9.17) is 0 Å². The molecule has 0 bridgehead atoms. The lowest BCUT2D eigenvalue weighted by atomic mass is 9.94. The Kier molecular flexibility index (Phi) is 4.32. The second kappa shape index (κ2) is 6.18. The molecule has 92 valence electrons. The van der Waals surface area contributed by atoms with Gasteiger partial charge in [0, 0.05) is 6.54 Å². The first-order valence-corrected chi connectivity index (χ1v) is 6.29. The van der Waals surface area contributed by atoms with E-state index in [0.717, 1.165) is 6.54 Å². The van der Waals surface area contributed by atoms with Crippen molar-refractivity contribution in [3.05, 3.63) is 77.4 Å². The Labute approximate surface area is 109 Å². The van der Waals surface area contributed by atoms with Crippen molar-refractivity contribution in [2.24, 2.45) is 0 Å². The maximum absolute atomic E-state index is 3.18. The first-order valence-electron chi connectivity index (χ1n) is 6.29. The van der Waals surface area contributed by atoms with Crippen molar-refractivity contribution in [3.8, 4) is 0 Å². The van der Waals surface area contributed by atoms with Crippen LogP contribution in [0.4, 0.5) is 0 Å². The molecule has 0 atom stereocenters. The van der Waals surface area contributed by atoms with Crippen molar-refractivity contribution in [1.29, 1.82) is 0 Å². The van der Waals surface area contributed by atoms with E-state index < -0.39 is 0 Å². The molecule has 1 N–H and O–H groups in total. The van der Waals surface area contributed by atoms with Gasteiger partial charge < -0.3 is 5.32 Å². The second-order valence-electron chi connectivity index (χ2n) is 4.36. The van der Waals surface area contributed by atoms with Crippen molar-refractivity contribution in [2.45, 2.75) is 6.92 Å². The normalized spacial score (nSPS) is 11.6. The molecule has 0 unspecified atom stereocenters. The number of nitrogens with one attached hydrogen (secondary N) is 1. The summed E-state index contributed by atoms with van der Waals surface area (Å²) in [7, 11) is 1.97. The summed E-state index contributed by atoms with van der Waals surface area (Å²) in [6, 6.07) is 19.1. The molecule has 0 fully saturated rings. The fourth-order valence-corrected chi connectivity index (χ4v) is 2.08. The van der Waals surface area contributed by atoms with Gasteiger partial charge in [-0.15, -0.1) is 0 Å². The fraction of sp³-hybridized carbons (Fsp3) is 0.176. The molecule has 18 heavy (non-hydrogen) atoms. The number of benzene rings is 2. The third kappa shape index (κ3) is 2.88. The molecule has 0 radical (unpaired) electrons. The summed E-state index contributed by atoms with van der Waals surface area (Å²) in [6.07, 6.45) is 2.25. The molecule has 0 aromatic heterocycles. The average molecular weight is 237 g/mol. The first-order chi connectivity index (χ1) is 8.83. The van der Waals surface area contributed by atoms with Gasteiger partial charge in [-0.25, -0.2) is 0 Å². The molecular weight excluding hydrogens is 218 g/mol. The highest BCUT2D eigenvalue weighted by Crippen LogP contribution is 2.25. The van der Waals surface area contributed by atoms with E-state index in [1.807, 2.05) is 7.05 Å². The van der Waals surface area contributed by atoms with E-state index in [1.54, 1.807) is 0 Å². The van der Waals surface area contributed by atoms with Gasteiger partial charge >= 0.3 is 0 Å². The zero-order valence-electron chi connectivity index (χ0n) is 11.0. The predicted molar refractivity (Wildman–Crippen MR) is 78.6 cm³/mol. The Balaban J connectivity index is 2.48. The minimum absolute atomic E-state index is 0.874. The SMILES string of the molecule is CNC/C=C(\c1ccccc1)c1ccccc1C. The predicted octanol–water partition coefficient (Wildman–Crippen LogP) is 3.65. The van der Waals surface area contributed by atoms with E-state index >= 15 is 0 Å². The molecule has 2 aromatic rings. The summed E-state index contributed by atoms with van der Waals surface area (Å²) in [4.78, 5) is 0. The van der Waals surface area contributed by atoms with Crippen LogP contribution in [0.25, 0.3) is 5.57 Å². The smallest absolute Gasteiger partial charge is 0.0141 e. The van der Waals surface area contributed by atoms with E-state index in [9.17, 15) is 0 Å². The van der Waals surface area contributed by atoms with Crippen LogP contribution in [0.3, 0.4) is 0 Å². The number of hydrogen-bond donors (Lipinski definition) is 1. The van der Waals surface area contributed by atoms with Crippen LogP contribution < -0.4 is 5.32 Å². The molecule has 0 heterocycles. The largest absolute Gasteiger partial charge is 0.316 e. The van der Waals surface area contributed by atoms with Crippen LogP contribution in [0.2, 0.25) is 0 Å². The topological polar surface area (TPSA) is 12.0 Å². The zero-order valence-corrected chi connectivity index (χ0v) is 11.0. The van der Waals surface area contributed by atoms with Gasteiger partial charge in [-0.05, 0) is 36.2 Å². The Bertz CT molecular complexity index is 526. The minimum Gasteiger partial charge on any atom is -0.316 e. The van der Waals surface area contributed by atoms with Crippen LogP contribution in [0.15, 0.2) is 60.7 Å². The van der Waals surface area contributed by atoms with Gasteiger partial charge in [-0.1, -0.05) is 60.7 Å². The van der Waals surface area contributed by atoms with Crippen LogP contribution in [-0.2, 0) is 0 Å². The standard InChI is InChI=1S/C17H19N/c1-14-8-6-7-11-16(14)17(12-13-18-2)15-9-4-3-5-10-15/h3-12,18H,13H2,1-2H3/b17-12+. The molecular formula is C17H19N. The summed E-state index contributed by atoms with van der Waals surface area (Å²) in [5, 5.41) is 3.18. The van der Waals surface area contributed by atoms with Crippen molar-refractivity contribution in [3.63, 3.8) is 0 Å². The molecule has 1 heteroatoms. The molecule has 0 aliphatic heterocycles. The van der Waals surface area contributed by atoms with E-state index in [-0.39, 0.29) is 0 Å². The Morgan fingerprint density at radius 1 is 1.00 bits per heavy atom. The number of aryl methyl sites for hydroxylation is 1. The van der Waals surface area contributed by atoms with Gasteiger partial charge in [-0.3, -0.25) is 0 Å². The molecule has 0 saturated heterocycles. The van der Waals surface area contributed by atoms with Gasteiger partial charge in [0.2, 0.25) is 0 Å². The van der Waals surface area contributed by atoms with Crippen molar-refractivity contribution < 1.29 is 0 Å². The van der Waals surface area contributed by atoms with E-state index in [0.29, 0.717) is 0 Å². The monoisotopic (exact) mass is 237 g/mol. The van der Waals surface area contributed by atoms with Crippen LogP contribution in [0.5, 0.6) is 0 Å². The molecule has 0 aliphatic carbocycles. The first kappa shape index (κ1) is 12.6. The Hall–Kier alpha value is -1.86. The van der Waals surface area contributed by atoms with E-state index in [2.05, 4.69) is 72.9 Å². The molecule has 2 rings (SSSR count). The highest BCUT2D eigenvalue weighted by Gasteiger charge is 2.06. The molecule has 0 spiro atoms. The van der Waals surface area contributed by atoms with Crippen molar-refractivity contribution >= 4 is 5.57 Å². The number of rotatable bonds is 4. The van der Waals surface area contributed by atoms with Gasteiger partial charge in [-0.2, -0.15) is 0 Å². The Morgan fingerprint density at radius 2 is 1.67 bits per heavy atom.